The highest BCUT2D eigenvalue weighted by molar-refractivity contribution is 6.31. The number of benzene rings is 3. The fraction of sp³-hybridized carbons (Fsp3) is 0.241. The van der Waals surface area contributed by atoms with Crippen LogP contribution in [0.1, 0.15) is 48.3 Å². The lowest BCUT2D eigenvalue weighted by Gasteiger charge is -2.38. The van der Waals surface area contributed by atoms with Crippen molar-refractivity contribution in [1.82, 2.24) is 0 Å². The summed E-state index contributed by atoms with van der Waals surface area (Å²) < 4.78 is 5.91. The maximum Gasteiger partial charge on any atom is 0.232 e. The van der Waals surface area contributed by atoms with Crippen molar-refractivity contribution in [2.24, 2.45) is 0 Å². The number of Topliss-reactive ketones (excluding diaryl/α,β-unsaturated/α-hetero) is 1. The number of ether oxygens (including phenoxy) is 1. The number of ketones is 1. The van der Waals surface area contributed by atoms with E-state index in [0.29, 0.717) is 18.1 Å². The van der Waals surface area contributed by atoms with Crippen LogP contribution in [-0.4, -0.2) is 11.7 Å². The molecule has 1 aliphatic carbocycles. The highest BCUT2D eigenvalue weighted by Gasteiger charge is 2.39. The van der Waals surface area contributed by atoms with Crippen LogP contribution in [-0.2, 0) is 16.2 Å². The average Bonchev–Trinajstić information content (AvgIpc) is 2.83. The summed E-state index contributed by atoms with van der Waals surface area (Å²) in [7, 11) is 0. The average molecular weight is 472 g/mol. The minimum absolute atomic E-state index is 0.0306. The molecule has 5 rings (SSSR count). The van der Waals surface area contributed by atoms with Crippen LogP contribution in [0.25, 0.3) is 0 Å². The zero-order valence-electron chi connectivity index (χ0n) is 19.1. The van der Waals surface area contributed by atoms with E-state index in [2.05, 4.69) is 0 Å². The van der Waals surface area contributed by atoms with Crippen molar-refractivity contribution in [2.75, 3.05) is 4.90 Å². The van der Waals surface area contributed by atoms with Gasteiger partial charge in [-0.2, -0.15) is 0 Å². The molecule has 1 atom stereocenters. The molecule has 1 unspecified atom stereocenters. The van der Waals surface area contributed by atoms with E-state index in [-0.39, 0.29) is 24.0 Å². The maximum absolute atomic E-state index is 13.4. The van der Waals surface area contributed by atoms with Crippen molar-refractivity contribution in [3.63, 3.8) is 0 Å². The van der Waals surface area contributed by atoms with E-state index in [0.717, 1.165) is 52.2 Å². The molecule has 172 valence electrons. The van der Waals surface area contributed by atoms with Crippen molar-refractivity contribution in [1.29, 1.82) is 0 Å². The molecule has 4 nitrogen and oxygen atoms in total. The number of carbonyl (C=O) groups is 2. The summed E-state index contributed by atoms with van der Waals surface area (Å²) in [5.74, 6) is 0.670. The van der Waals surface area contributed by atoms with Crippen molar-refractivity contribution in [3.05, 3.63) is 106 Å². The molecule has 0 saturated heterocycles. The van der Waals surface area contributed by atoms with Crippen LogP contribution >= 0.6 is 11.6 Å². The lowest BCUT2D eigenvalue weighted by Crippen LogP contribution is -2.40. The fourth-order valence-corrected chi connectivity index (χ4v) is 5.11. The first-order chi connectivity index (χ1) is 16.5. The number of carbonyl (C=O) groups excluding carboxylic acids is 2. The van der Waals surface area contributed by atoms with Crippen molar-refractivity contribution >= 4 is 29.0 Å². The van der Waals surface area contributed by atoms with Crippen LogP contribution in [0.2, 0.25) is 5.02 Å². The minimum atomic E-state index is -0.228. The predicted molar refractivity (Wildman–Crippen MR) is 134 cm³/mol. The Morgan fingerprint density at radius 1 is 0.971 bits per heavy atom. The molecule has 0 bridgehead atoms. The van der Waals surface area contributed by atoms with Crippen LogP contribution < -0.4 is 9.64 Å². The minimum Gasteiger partial charge on any atom is -0.489 e. The zero-order chi connectivity index (χ0) is 23.7. The van der Waals surface area contributed by atoms with Crippen LogP contribution in [0, 0.1) is 6.92 Å². The Hall–Kier alpha value is -3.37. The summed E-state index contributed by atoms with van der Waals surface area (Å²) in [6.45, 7) is 2.39. The summed E-state index contributed by atoms with van der Waals surface area (Å²) >= 11 is 6.22. The fourth-order valence-electron chi connectivity index (χ4n) is 4.92. The summed E-state index contributed by atoms with van der Waals surface area (Å²) in [6, 6.07) is 23.3. The van der Waals surface area contributed by atoms with Crippen LogP contribution in [0.5, 0.6) is 5.75 Å². The molecule has 1 aliphatic heterocycles. The molecule has 1 heterocycles. The molecule has 2 aliphatic rings. The van der Waals surface area contributed by atoms with E-state index in [4.69, 9.17) is 16.3 Å². The molecule has 5 heteroatoms. The molecule has 0 radical (unpaired) electrons. The number of amides is 1. The number of nitrogens with zero attached hydrogens (tertiary/aromatic N) is 1. The molecule has 3 aromatic carbocycles. The molecular formula is C29H26ClNO3. The Bertz CT molecular complexity index is 1280. The summed E-state index contributed by atoms with van der Waals surface area (Å²) in [5, 5.41) is 0.674. The van der Waals surface area contributed by atoms with Gasteiger partial charge in [0, 0.05) is 46.3 Å². The molecule has 0 saturated carbocycles. The van der Waals surface area contributed by atoms with E-state index in [1.54, 1.807) is 4.90 Å². The van der Waals surface area contributed by atoms with Gasteiger partial charge in [0.25, 0.3) is 0 Å². The van der Waals surface area contributed by atoms with Crippen molar-refractivity contribution < 1.29 is 14.3 Å². The van der Waals surface area contributed by atoms with Crippen molar-refractivity contribution in [3.8, 4) is 5.75 Å². The highest BCUT2D eigenvalue weighted by atomic mass is 35.5. The normalized spacial score (nSPS) is 18.2. The summed E-state index contributed by atoms with van der Waals surface area (Å²) in [5.41, 5.74) is 5.47. The van der Waals surface area contributed by atoms with Gasteiger partial charge in [-0.3, -0.25) is 14.5 Å². The Morgan fingerprint density at radius 3 is 2.53 bits per heavy atom. The smallest absolute Gasteiger partial charge is 0.232 e. The first-order valence-corrected chi connectivity index (χ1v) is 12.0. The molecule has 34 heavy (non-hydrogen) atoms. The van der Waals surface area contributed by atoms with Crippen molar-refractivity contribution in [2.45, 2.75) is 45.1 Å². The van der Waals surface area contributed by atoms with Gasteiger partial charge in [0.2, 0.25) is 5.91 Å². The molecule has 0 fully saturated rings. The first-order valence-electron chi connectivity index (χ1n) is 11.6. The second kappa shape index (κ2) is 9.47. The van der Waals surface area contributed by atoms with Gasteiger partial charge in [0.15, 0.2) is 5.78 Å². The van der Waals surface area contributed by atoms with Crippen LogP contribution in [0.3, 0.4) is 0 Å². The Balaban J connectivity index is 1.43. The van der Waals surface area contributed by atoms with Gasteiger partial charge in [0.05, 0.1) is 0 Å². The highest BCUT2D eigenvalue weighted by Crippen LogP contribution is 2.43. The Labute approximate surface area is 204 Å². The first kappa shape index (κ1) is 22.4. The molecule has 1 amide bonds. The second-order valence-electron chi connectivity index (χ2n) is 8.91. The van der Waals surface area contributed by atoms with Gasteiger partial charge >= 0.3 is 0 Å². The maximum atomic E-state index is 13.4. The monoisotopic (exact) mass is 471 g/mol. The van der Waals surface area contributed by atoms with E-state index in [9.17, 15) is 9.59 Å². The zero-order valence-corrected chi connectivity index (χ0v) is 19.8. The van der Waals surface area contributed by atoms with E-state index < -0.39 is 0 Å². The van der Waals surface area contributed by atoms with Gasteiger partial charge in [-0.15, -0.1) is 0 Å². The number of hydrogen-bond donors (Lipinski definition) is 0. The van der Waals surface area contributed by atoms with Gasteiger partial charge in [-0.1, -0.05) is 54.1 Å². The SMILES string of the molecule is Cc1cccc(N2C(=O)CC(c3ccc(OCc4ccccc4Cl)cc3)C3=C2CCCC3=O)c1. The number of allylic oxidation sites excluding steroid dienone is 2. The van der Waals surface area contributed by atoms with Gasteiger partial charge in [-0.05, 0) is 61.2 Å². The van der Waals surface area contributed by atoms with Gasteiger partial charge in [0.1, 0.15) is 12.4 Å². The summed E-state index contributed by atoms with van der Waals surface area (Å²) in [6.07, 6.45) is 2.31. The second-order valence-corrected chi connectivity index (χ2v) is 9.32. The Morgan fingerprint density at radius 2 is 1.76 bits per heavy atom. The number of anilines is 1. The molecule has 0 N–H and O–H groups in total. The number of hydrogen-bond acceptors (Lipinski definition) is 3. The Kier molecular flexibility index (Phi) is 6.25. The van der Waals surface area contributed by atoms with Crippen LogP contribution in [0.4, 0.5) is 5.69 Å². The standard InChI is InChI=1S/C29H26ClNO3/c1-19-6-4-8-22(16-19)31-26-10-5-11-27(32)29(26)24(17-28(31)33)20-12-14-23(15-13-20)34-18-21-7-2-3-9-25(21)30/h2-4,6-9,12-16,24H,5,10-11,17-18H2,1H3. The molecule has 0 aromatic heterocycles. The number of rotatable bonds is 5. The topological polar surface area (TPSA) is 46.6 Å². The van der Waals surface area contributed by atoms with E-state index in [1.807, 2.05) is 79.7 Å². The number of halogens is 1. The van der Waals surface area contributed by atoms with Crippen LogP contribution in [0.15, 0.2) is 84.1 Å². The number of aryl methyl sites for hydroxylation is 1. The third-order valence-electron chi connectivity index (χ3n) is 6.57. The summed E-state index contributed by atoms with van der Waals surface area (Å²) in [4.78, 5) is 28.2. The van der Waals surface area contributed by atoms with E-state index in [1.165, 1.54) is 0 Å². The van der Waals surface area contributed by atoms with Gasteiger partial charge < -0.3 is 4.74 Å². The molecule has 0 spiro atoms. The van der Waals surface area contributed by atoms with E-state index >= 15 is 0 Å². The molecular weight excluding hydrogens is 446 g/mol. The predicted octanol–water partition coefficient (Wildman–Crippen LogP) is 6.76. The molecule has 3 aromatic rings. The third kappa shape index (κ3) is 4.38. The quantitative estimate of drug-likeness (QED) is 0.413. The third-order valence-corrected chi connectivity index (χ3v) is 6.94. The largest absolute Gasteiger partial charge is 0.489 e. The lowest BCUT2D eigenvalue weighted by molar-refractivity contribution is -0.119. The lowest BCUT2D eigenvalue weighted by atomic mass is 9.77. The van der Waals surface area contributed by atoms with Gasteiger partial charge in [-0.25, -0.2) is 0 Å².